The minimum Gasteiger partial charge on any atom is -0.380 e. The first-order valence-electron chi connectivity index (χ1n) is 6.88. The van der Waals surface area contributed by atoms with Gasteiger partial charge in [0, 0.05) is 25.7 Å². The van der Waals surface area contributed by atoms with E-state index in [0.29, 0.717) is 6.04 Å². The van der Waals surface area contributed by atoms with Crippen LogP contribution in [0.1, 0.15) is 32.6 Å². The third-order valence-corrected chi connectivity index (χ3v) is 3.90. The van der Waals surface area contributed by atoms with Gasteiger partial charge in [-0.05, 0) is 44.7 Å². The van der Waals surface area contributed by atoms with E-state index in [1.165, 1.54) is 45.3 Å². The number of nitrogens with one attached hydrogen (secondary N) is 1. The second-order valence-corrected chi connectivity index (χ2v) is 5.39. The summed E-state index contributed by atoms with van der Waals surface area (Å²) in [7, 11) is 0. The van der Waals surface area contributed by atoms with Gasteiger partial charge in [-0.3, -0.25) is 0 Å². The number of hydrogen-bond acceptors (Lipinski definition) is 3. The van der Waals surface area contributed by atoms with Crippen LogP contribution in [-0.2, 0) is 4.74 Å². The lowest BCUT2D eigenvalue weighted by molar-refractivity contribution is 0.0689. The molecule has 0 aromatic carbocycles. The normalized spacial score (nSPS) is 29.4. The number of rotatable bonds is 4. The first-order valence-corrected chi connectivity index (χ1v) is 6.88. The molecule has 2 aliphatic rings. The molecule has 1 atom stereocenters. The largest absolute Gasteiger partial charge is 0.380 e. The Hall–Kier alpha value is -0.120. The maximum Gasteiger partial charge on any atom is 0.0619 e. The summed E-state index contributed by atoms with van der Waals surface area (Å²) in [4.78, 5) is 2.59. The van der Waals surface area contributed by atoms with Crippen molar-refractivity contribution in [1.82, 2.24) is 10.2 Å². The van der Waals surface area contributed by atoms with Crippen molar-refractivity contribution in [1.29, 1.82) is 0 Å². The molecule has 1 N–H and O–H groups in total. The molecule has 0 spiro atoms. The summed E-state index contributed by atoms with van der Waals surface area (Å²) in [5.41, 5.74) is 0. The Bertz CT molecular complexity index is 184. The second kappa shape index (κ2) is 6.58. The van der Waals surface area contributed by atoms with E-state index >= 15 is 0 Å². The summed E-state index contributed by atoms with van der Waals surface area (Å²) in [6.45, 7) is 9.17. The highest BCUT2D eigenvalue weighted by Gasteiger charge is 2.16. The fraction of sp³-hybridized carbons (Fsp3) is 1.00. The highest BCUT2D eigenvalue weighted by molar-refractivity contribution is 4.73. The Labute approximate surface area is 99.5 Å². The highest BCUT2D eigenvalue weighted by atomic mass is 16.5. The van der Waals surface area contributed by atoms with Crippen molar-refractivity contribution in [2.24, 2.45) is 5.92 Å². The van der Waals surface area contributed by atoms with E-state index in [1.54, 1.807) is 0 Å². The fourth-order valence-electron chi connectivity index (χ4n) is 2.61. The van der Waals surface area contributed by atoms with Crippen molar-refractivity contribution in [2.75, 3.05) is 39.4 Å². The number of hydrogen-bond donors (Lipinski definition) is 1. The standard InChI is InChI=1S/C13H26N2O/c1-12-4-7-15(8-5-12)9-6-14-13-3-2-10-16-11-13/h12-14H,2-11H2,1H3. The molecule has 2 aliphatic heterocycles. The molecule has 0 bridgehead atoms. The van der Waals surface area contributed by atoms with Crippen molar-refractivity contribution in [2.45, 2.75) is 38.6 Å². The average Bonchev–Trinajstić information content (AvgIpc) is 2.33. The third kappa shape index (κ3) is 4.04. The van der Waals surface area contributed by atoms with E-state index in [9.17, 15) is 0 Å². The van der Waals surface area contributed by atoms with Gasteiger partial charge in [-0.1, -0.05) is 6.92 Å². The van der Waals surface area contributed by atoms with Gasteiger partial charge in [-0.25, -0.2) is 0 Å². The zero-order chi connectivity index (χ0) is 11.2. The predicted molar refractivity (Wildman–Crippen MR) is 66.7 cm³/mol. The van der Waals surface area contributed by atoms with Crippen molar-refractivity contribution in [3.8, 4) is 0 Å². The molecule has 94 valence electrons. The molecule has 3 nitrogen and oxygen atoms in total. The lowest BCUT2D eigenvalue weighted by atomic mass is 9.99. The van der Waals surface area contributed by atoms with E-state index < -0.39 is 0 Å². The van der Waals surface area contributed by atoms with Crippen LogP contribution in [0.3, 0.4) is 0 Å². The van der Waals surface area contributed by atoms with Crippen LogP contribution in [0.5, 0.6) is 0 Å². The minimum absolute atomic E-state index is 0.609. The quantitative estimate of drug-likeness (QED) is 0.786. The van der Waals surface area contributed by atoms with Gasteiger partial charge in [-0.2, -0.15) is 0 Å². The van der Waals surface area contributed by atoms with Gasteiger partial charge in [0.1, 0.15) is 0 Å². The fourth-order valence-corrected chi connectivity index (χ4v) is 2.61. The SMILES string of the molecule is CC1CCN(CCNC2CCCOC2)CC1. The summed E-state index contributed by atoms with van der Waals surface area (Å²) in [5, 5.41) is 3.61. The average molecular weight is 226 g/mol. The van der Waals surface area contributed by atoms with Crippen molar-refractivity contribution < 1.29 is 4.74 Å². The molecular formula is C13H26N2O. The van der Waals surface area contributed by atoms with Gasteiger partial charge < -0.3 is 15.0 Å². The summed E-state index contributed by atoms with van der Waals surface area (Å²) >= 11 is 0. The lowest BCUT2D eigenvalue weighted by Gasteiger charge is -2.31. The van der Waals surface area contributed by atoms with Crippen LogP contribution >= 0.6 is 0 Å². The molecule has 2 heterocycles. The molecule has 2 fully saturated rings. The molecule has 0 aliphatic carbocycles. The number of nitrogens with zero attached hydrogens (tertiary/aromatic N) is 1. The molecule has 0 aromatic heterocycles. The Morgan fingerprint density at radius 2 is 2.06 bits per heavy atom. The molecule has 0 amide bonds. The Balaban J connectivity index is 1.53. The third-order valence-electron chi connectivity index (χ3n) is 3.90. The molecule has 2 rings (SSSR count). The van der Waals surface area contributed by atoms with E-state index in [1.807, 2.05) is 0 Å². The predicted octanol–water partition coefficient (Wildman–Crippen LogP) is 1.49. The molecule has 16 heavy (non-hydrogen) atoms. The van der Waals surface area contributed by atoms with Gasteiger partial charge in [0.25, 0.3) is 0 Å². The van der Waals surface area contributed by atoms with E-state index in [0.717, 1.165) is 25.7 Å². The van der Waals surface area contributed by atoms with Crippen LogP contribution in [0.25, 0.3) is 0 Å². The van der Waals surface area contributed by atoms with Crippen molar-refractivity contribution >= 4 is 0 Å². The van der Waals surface area contributed by atoms with Gasteiger partial charge in [0.15, 0.2) is 0 Å². The topological polar surface area (TPSA) is 24.5 Å². The first kappa shape index (κ1) is 12.3. The van der Waals surface area contributed by atoms with Gasteiger partial charge in [0.2, 0.25) is 0 Å². The van der Waals surface area contributed by atoms with Crippen LogP contribution in [0.2, 0.25) is 0 Å². The number of piperidine rings is 1. The lowest BCUT2D eigenvalue weighted by Crippen LogP contribution is -2.43. The number of likely N-dealkylation sites (tertiary alicyclic amines) is 1. The van der Waals surface area contributed by atoms with Crippen LogP contribution in [0.4, 0.5) is 0 Å². The van der Waals surface area contributed by atoms with Crippen LogP contribution < -0.4 is 5.32 Å². The van der Waals surface area contributed by atoms with Gasteiger partial charge in [0.05, 0.1) is 6.61 Å². The Kier molecular flexibility index (Phi) is 5.07. The monoisotopic (exact) mass is 226 g/mol. The molecule has 2 saturated heterocycles. The maximum atomic E-state index is 5.46. The summed E-state index contributed by atoms with van der Waals surface area (Å²) < 4.78 is 5.46. The Morgan fingerprint density at radius 3 is 2.75 bits per heavy atom. The zero-order valence-electron chi connectivity index (χ0n) is 10.6. The van der Waals surface area contributed by atoms with Gasteiger partial charge >= 0.3 is 0 Å². The minimum atomic E-state index is 0.609. The van der Waals surface area contributed by atoms with E-state index in [4.69, 9.17) is 4.74 Å². The van der Waals surface area contributed by atoms with Crippen LogP contribution in [0, 0.1) is 5.92 Å². The molecule has 0 saturated carbocycles. The summed E-state index contributed by atoms with van der Waals surface area (Å²) in [5.74, 6) is 0.941. The zero-order valence-corrected chi connectivity index (χ0v) is 10.6. The maximum absolute atomic E-state index is 5.46. The molecule has 3 heteroatoms. The molecule has 0 radical (unpaired) electrons. The summed E-state index contributed by atoms with van der Waals surface area (Å²) in [6, 6.07) is 0.609. The molecule has 0 aromatic rings. The van der Waals surface area contributed by atoms with Gasteiger partial charge in [-0.15, -0.1) is 0 Å². The smallest absolute Gasteiger partial charge is 0.0619 e. The number of ether oxygens (including phenoxy) is 1. The molecular weight excluding hydrogens is 200 g/mol. The van der Waals surface area contributed by atoms with E-state index in [-0.39, 0.29) is 0 Å². The first-order chi connectivity index (χ1) is 7.84. The van der Waals surface area contributed by atoms with Crippen LogP contribution in [-0.4, -0.2) is 50.3 Å². The second-order valence-electron chi connectivity index (χ2n) is 5.39. The van der Waals surface area contributed by atoms with Crippen molar-refractivity contribution in [3.63, 3.8) is 0 Å². The van der Waals surface area contributed by atoms with Crippen molar-refractivity contribution in [3.05, 3.63) is 0 Å². The summed E-state index contributed by atoms with van der Waals surface area (Å²) in [6.07, 6.45) is 5.27. The van der Waals surface area contributed by atoms with Crippen LogP contribution in [0.15, 0.2) is 0 Å². The highest BCUT2D eigenvalue weighted by Crippen LogP contribution is 2.15. The Morgan fingerprint density at radius 1 is 1.25 bits per heavy atom. The van der Waals surface area contributed by atoms with E-state index in [2.05, 4.69) is 17.1 Å². The molecule has 1 unspecified atom stereocenters.